The molecule has 0 spiro atoms. The largest absolute Gasteiger partial charge is 0.348 e. The lowest BCUT2D eigenvalue weighted by Gasteiger charge is -2.11. The van der Waals surface area contributed by atoms with Gasteiger partial charge >= 0.3 is 0 Å². The Kier molecular flexibility index (Phi) is 4.95. The number of carbonyl (C=O) groups excluding carboxylic acids is 1. The topological polar surface area (TPSA) is 51.9 Å². The standard InChI is InChI=1S/C21H16ClFN4O/c22-19-6-2-1-5-15(19)13-24-20(28)18-14-25-27(17-9-7-16(23)8-10-17)21(18)26-11-3-4-12-26/h1-12,14H,13H2,(H,24,28). The van der Waals surface area contributed by atoms with Crippen LogP contribution in [0.15, 0.2) is 79.3 Å². The number of hydrogen-bond acceptors (Lipinski definition) is 2. The predicted octanol–water partition coefficient (Wildman–Crippen LogP) is 4.39. The first kappa shape index (κ1) is 18.0. The lowest BCUT2D eigenvalue weighted by atomic mass is 10.2. The molecular weight excluding hydrogens is 379 g/mol. The summed E-state index contributed by atoms with van der Waals surface area (Å²) in [4.78, 5) is 12.9. The van der Waals surface area contributed by atoms with Crippen LogP contribution in [0.4, 0.5) is 4.39 Å². The number of halogens is 2. The molecule has 140 valence electrons. The van der Waals surface area contributed by atoms with Gasteiger partial charge in [0, 0.05) is 24.0 Å². The summed E-state index contributed by atoms with van der Waals surface area (Å²) >= 11 is 6.16. The zero-order valence-corrected chi connectivity index (χ0v) is 15.5. The lowest BCUT2D eigenvalue weighted by Crippen LogP contribution is -2.24. The normalized spacial score (nSPS) is 10.8. The maximum absolute atomic E-state index is 13.3. The molecular formula is C21H16ClFN4O. The van der Waals surface area contributed by atoms with Crippen molar-refractivity contribution in [2.24, 2.45) is 0 Å². The van der Waals surface area contributed by atoms with Gasteiger partial charge in [0.05, 0.1) is 11.9 Å². The summed E-state index contributed by atoms with van der Waals surface area (Å²) in [5.41, 5.74) is 1.87. The number of amides is 1. The Bertz CT molecular complexity index is 1100. The summed E-state index contributed by atoms with van der Waals surface area (Å²) in [6.45, 7) is 0.297. The van der Waals surface area contributed by atoms with E-state index in [1.807, 2.05) is 42.7 Å². The molecule has 0 atom stereocenters. The van der Waals surface area contributed by atoms with Crippen molar-refractivity contribution in [1.29, 1.82) is 0 Å². The minimum Gasteiger partial charge on any atom is -0.348 e. The van der Waals surface area contributed by atoms with E-state index >= 15 is 0 Å². The minimum absolute atomic E-state index is 0.281. The van der Waals surface area contributed by atoms with Gasteiger partial charge in [-0.05, 0) is 48.0 Å². The second kappa shape index (κ2) is 7.70. The summed E-state index contributed by atoms with van der Waals surface area (Å²) in [5, 5.41) is 7.83. The number of hydrogen-bond donors (Lipinski definition) is 1. The van der Waals surface area contributed by atoms with Crippen LogP contribution in [0.3, 0.4) is 0 Å². The van der Waals surface area contributed by atoms with Gasteiger partial charge in [-0.15, -0.1) is 0 Å². The molecule has 7 heteroatoms. The first-order valence-corrected chi connectivity index (χ1v) is 9.00. The molecule has 0 aliphatic rings. The summed E-state index contributed by atoms with van der Waals surface area (Å²) in [6, 6.07) is 17.0. The molecule has 0 bridgehead atoms. The fourth-order valence-electron chi connectivity index (χ4n) is 2.91. The number of carbonyl (C=O) groups is 1. The van der Waals surface area contributed by atoms with Crippen LogP contribution in [0.25, 0.3) is 11.5 Å². The molecule has 28 heavy (non-hydrogen) atoms. The lowest BCUT2D eigenvalue weighted by molar-refractivity contribution is 0.0951. The quantitative estimate of drug-likeness (QED) is 0.546. The van der Waals surface area contributed by atoms with E-state index in [-0.39, 0.29) is 11.7 Å². The molecule has 4 aromatic rings. The molecule has 2 aromatic heterocycles. The average molecular weight is 395 g/mol. The van der Waals surface area contributed by atoms with E-state index in [0.717, 1.165) is 5.56 Å². The summed E-state index contributed by atoms with van der Waals surface area (Å²) in [7, 11) is 0. The molecule has 1 amide bonds. The number of rotatable bonds is 5. The number of benzene rings is 2. The molecule has 0 radical (unpaired) electrons. The van der Waals surface area contributed by atoms with Crippen molar-refractivity contribution >= 4 is 17.5 Å². The Hall–Kier alpha value is -3.38. The van der Waals surface area contributed by atoms with E-state index in [0.29, 0.717) is 28.6 Å². The van der Waals surface area contributed by atoms with Crippen LogP contribution in [0.5, 0.6) is 0 Å². The van der Waals surface area contributed by atoms with Crippen molar-refractivity contribution in [2.75, 3.05) is 0 Å². The van der Waals surface area contributed by atoms with E-state index in [2.05, 4.69) is 10.4 Å². The molecule has 0 aliphatic carbocycles. The van der Waals surface area contributed by atoms with Crippen LogP contribution in [0.1, 0.15) is 15.9 Å². The number of nitrogens with zero attached hydrogens (tertiary/aromatic N) is 3. The fourth-order valence-corrected chi connectivity index (χ4v) is 3.11. The third kappa shape index (κ3) is 3.54. The number of aromatic nitrogens is 3. The van der Waals surface area contributed by atoms with Crippen LogP contribution in [-0.4, -0.2) is 20.3 Å². The predicted molar refractivity (Wildman–Crippen MR) is 105 cm³/mol. The highest BCUT2D eigenvalue weighted by molar-refractivity contribution is 6.31. The molecule has 0 saturated carbocycles. The highest BCUT2D eigenvalue weighted by Crippen LogP contribution is 2.21. The Morgan fingerprint density at radius 1 is 1.04 bits per heavy atom. The molecule has 4 rings (SSSR count). The summed E-state index contributed by atoms with van der Waals surface area (Å²) in [5.74, 6) is -0.0543. The summed E-state index contributed by atoms with van der Waals surface area (Å²) < 4.78 is 16.7. The van der Waals surface area contributed by atoms with Gasteiger partial charge < -0.3 is 9.88 Å². The third-order valence-corrected chi connectivity index (χ3v) is 4.67. The van der Waals surface area contributed by atoms with Crippen molar-refractivity contribution in [2.45, 2.75) is 6.54 Å². The highest BCUT2D eigenvalue weighted by atomic mass is 35.5. The van der Waals surface area contributed by atoms with Gasteiger partial charge in [0.2, 0.25) is 0 Å². The Morgan fingerprint density at radius 2 is 1.75 bits per heavy atom. The van der Waals surface area contributed by atoms with Crippen LogP contribution >= 0.6 is 11.6 Å². The van der Waals surface area contributed by atoms with Crippen molar-refractivity contribution in [3.8, 4) is 11.5 Å². The smallest absolute Gasteiger partial charge is 0.256 e. The second-order valence-electron chi connectivity index (χ2n) is 6.13. The Balaban J connectivity index is 1.68. The van der Waals surface area contributed by atoms with Crippen molar-refractivity contribution in [3.05, 3.63) is 101 Å². The van der Waals surface area contributed by atoms with Gasteiger partial charge in [0.25, 0.3) is 5.91 Å². The van der Waals surface area contributed by atoms with Gasteiger partial charge in [0.15, 0.2) is 5.82 Å². The van der Waals surface area contributed by atoms with E-state index in [1.165, 1.54) is 18.3 Å². The van der Waals surface area contributed by atoms with E-state index in [9.17, 15) is 9.18 Å². The highest BCUT2D eigenvalue weighted by Gasteiger charge is 2.20. The van der Waals surface area contributed by atoms with Crippen LogP contribution in [0, 0.1) is 5.82 Å². The molecule has 5 nitrogen and oxygen atoms in total. The zero-order valence-electron chi connectivity index (χ0n) is 14.7. The van der Waals surface area contributed by atoms with Gasteiger partial charge in [-0.2, -0.15) is 5.10 Å². The Labute approximate surface area is 166 Å². The maximum atomic E-state index is 13.3. The fraction of sp³-hybridized carbons (Fsp3) is 0.0476. The maximum Gasteiger partial charge on any atom is 0.256 e. The van der Waals surface area contributed by atoms with Gasteiger partial charge in [-0.3, -0.25) is 4.79 Å². The van der Waals surface area contributed by atoms with E-state index in [4.69, 9.17) is 11.6 Å². The second-order valence-corrected chi connectivity index (χ2v) is 6.54. The van der Waals surface area contributed by atoms with Crippen LogP contribution in [0.2, 0.25) is 5.02 Å². The first-order chi connectivity index (χ1) is 13.6. The average Bonchev–Trinajstić information content (AvgIpc) is 3.37. The molecule has 2 aromatic carbocycles. The number of nitrogens with one attached hydrogen (secondary N) is 1. The van der Waals surface area contributed by atoms with Crippen molar-refractivity contribution in [1.82, 2.24) is 19.7 Å². The van der Waals surface area contributed by atoms with E-state index < -0.39 is 0 Å². The van der Waals surface area contributed by atoms with Crippen molar-refractivity contribution in [3.63, 3.8) is 0 Å². The Morgan fingerprint density at radius 3 is 2.46 bits per heavy atom. The SMILES string of the molecule is O=C(NCc1ccccc1Cl)c1cnn(-c2ccc(F)cc2)c1-n1cccc1. The molecule has 0 unspecified atom stereocenters. The van der Waals surface area contributed by atoms with Crippen LogP contribution in [-0.2, 0) is 6.54 Å². The van der Waals surface area contributed by atoms with E-state index in [1.54, 1.807) is 27.4 Å². The monoisotopic (exact) mass is 394 g/mol. The molecule has 0 saturated heterocycles. The first-order valence-electron chi connectivity index (χ1n) is 8.62. The minimum atomic E-state index is -0.337. The third-order valence-electron chi connectivity index (χ3n) is 4.31. The van der Waals surface area contributed by atoms with Crippen molar-refractivity contribution < 1.29 is 9.18 Å². The molecule has 0 fully saturated rings. The van der Waals surface area contributed by atoms with Gasteiger partial charge in [-0.25, -0.2) is 9.07 Å². The summed E-state index contributed by atoms with van der Waals surface area (Å²) in [6.07, 6.45) is 5.14. The van der Waals surface area contributed by atoms with Gasteiger partial charge in [-0.1, -0.05) is 29.8 Å². The zero-order chi connectivity index (χ0) is 19.5. The molecule has 1 N–H and O–H groups in total. The molecule has 0 aliphatic heterocycles. The van der Waals surface area contributed by atoms with Crippen LogP contribution < -0.4 is 5.32 Å². The van der Waals surface area contributed by atoms with Gasteiger partial charge in [0.1, 0.15) is 11.4 Å². The molecule has 2 heterocycles.